The second kappa shape index (κ2) is 10.8. The number of anilines is 1. The van der Waals surface area contributed by atoms with Crippen LogP contribution in [0.2, 0.25) is 0 Å². The van der Waals surface area contributed by atoms with Gasteiger partial charge in [0.2, 0.25) is 6.41 Å². The molecular weight excluding hydrogens is 399 g/mol. The SMILES string of the molecule is CN.CNCc1csc(S(N)=O)c1F.O=CNc1c2c(cc3c1CC3)CCC2. The summed E-state index contributed by atoms with van der Waals surface area (Å²) in [5.74, 6) is -0.449. The molecule has 1 atom stereocenters. The van der Waals surface area contributed by atoms with Gasteiger partial charge in [0.15, 0.2) is 5.82 Å². The molecule has 4 rings (SSSR count). The summed E-state index contributed by atoms with van der Waals surface area (Å²) in [6, 6.07) is 2.34. The van der Waals surface area contributed by atoms with Crippen LogP contribution in [0.3, 0.4) is 0 Å². The monoisotopic (exact) mass is 426 g/mol. The predicted octanol–water partition coefficient (Wildman–Crippen LogP) is 2.01. The first kappa shape index (κ1) is 22.6. The number of halogens is 1. The Labute approximate surface area is 171 Å². The summed E-state index contributed by atoms with van der Waals surface area (Å²) in [7, 11) is 1.51. The highest BCUT2D eigenvalue weighted by Crippen LogP contribution is 2.39. The van der Waals surface area contributed by atoms with Crippen molar-refractivity contribution < 1.29 is 13.4 Å². The smallest absolute Gasteiger partial charge is 0.211 e. The van der Waals surface area contributed by atoms with Gasteiger partial charge in [0, 0.05) is 17.8 Å². The van der Waals surface area contributed by atoms with Gasteiger partial charge in [-0.05, 0) is 73.8 Å². The van der Waals surface area contributed by atoms with E-state index in [2.05, 4.69) is 22.4 Å². The number of amides is 1. The first-order valence-electron chi connectivity index (χ1n) is 9.07. The third kappa shape index (κ3) is 4.84. The average molecular weight is 427 g/mol. The van der Waals surface area contributed by atoms with E-state index < -0.39 is 16.8 Å². The number of nitrogens with two attached hydrogens (primary N) is 2. The molecule has 2 aliphatic rings. The molecule has 0 radical (unpaired) electrons. The maximum Gasteiger partial charge on any atom is 0.211 e. The number of carbonyl (C=O) groups is 1. The number of carbonyl (C=O) groups excluding carboxylic acids is 1. The number of aryl methyl sites for hydroxylation is 2. The van der Waals surface area contributed by atoms with E-state index in [1.54, 1.807) is 12.4 Å². The van der Waals surface area contributed by atoms with Crippen LogP contribution in [0.4, 0.5) is 10.1 Å². The van der Waals surface area contributed by atoms with Crippen LogP contribution in [-0.4, -0.2) is 24.7 Å². The summed E-state index contributed by atoms with van der Waals surface area (Å²) in [6.45, 7) is 0.430. The van der Waals surface area contributed by atoms with Gasteiger partial charge in [0.1, 0.15) is 15.2 Å². The zero-order valence-corrected chi connectivity index (χ0v) is 17.8. The van der Waals surface area contributed by atoms with Gasteiger partial charge in [-0.25, -0.2) is 13.7 Å². The molecule has 2 aliphatic carbocycles. The number of hydrogen-bond acceptors (Lipinski definition) is 5. The summed E-state index contributed by atoms with van der Waals surface area (Å²) in [5.41, 5.74) is 11.9. The topological polar surface area (TPSA) is 110 Å². The molecule has 28 heavy (non-hydrogen) atoms. The second-order valence-electron chi connectivity index (χ2n) is 6.33. The molecule has 0 saturated carbocycles. The molecule has 0 bridgehead atoms. The Morgan fingerprint density at radius 3 is 2.43 bits per heavy atom. The van der Waals surface area contributed by atoms with Crippen LogP contribution in [-0.2, 0) is 48.0 Å². The van der Waals surface area contributed by atoms with Crippen molar-refractivity contribution in [1.29, 1.82) is 0 Å². The first-order valence-corrected chi connectivity index (χ1v) is 11.2. The van der Waals surface area contributed by atoms with Crippen LogP contribution < -0.4 is 21.5 Å². The van der Waals surface area contributed by atoms with Gasteiger partial charge in [-0.15, -0.1) is 11.3 Å². The standard InChI is InChI=1S/C12H13NO.C6H9FN2OS2.CH5N/c14-7-13-12-10-3-1-2-8(10)6-9-4-5-11(9)12;1-9-2-4-3-11-6(5(4)7)12(8)10;1-2/h6-7H,1-5H2,(H,13,14);3,9H,2,8H2,1H3;2H2,1H3. The quantitative estimate of drug-likeness (QED) is 0.548. The summed E-state index contributed by atoms with van der Waals surface area (Å²) >= 11 is 1.08. The number of hydrogen-bond donors (Lipinski definition) is 4. The Bertz CT molecular complexity index is 855. The van der Waals surface area contributed by atoms with Crippen LogP contribution in [0.5, 0.6) is 0 Å². The first-order chi connectivity index (χ1) is 13.6. The van der Waals surface area contributed by atoms with E-state index in [0.29, 0.717) is 12.1 Å². The van der Waals surface area contributed by atoms with Crippen LogP contribution in [0.25, 0.3) is 0 Å². The highest BCUT2D eigenvalue weighted by molar-refractivity contribution is 7.85. The summed E-state index contributed by atoms with van der Waals surface area (Å²) in [4.78, 5) is 10.6. The number of benzene rings is 1. The lowest BCUT2D eigenvalue weighted by Gasteiger charge is -2.25. The molecule has 1 amide bonds. The fourth-order valence-corrected chi connectivity index (χ4v) is 4.98. The highest BCUT2D eigenvalue weighted by atomic mass is 32.2. The van der Waals surface area contributed by atoms with Gasteiger partial charge in [-0.3, -0.25) is 4.79 Å². The molecule has 154 valence electrons. The summed E-state index contributed by atoms with van der Waals surface area (Å²) in [5, 5.41) is 12.4. The Morgan fingerprint density at radius 2 is 1.89 bits per heavy atom. The fourth-order valence-electron chi connectivity index (χ4n) is 3.48. The van der Waals surface area contributed by atoms with E-state index in [0.717, 1.165) is 36.3 Å². The molecule has 0 saturated heterocycles. The highest BCUT2D eigenvalue weighted by Gasteiger charge is 2.25. The average Bonchev–Trinajstić information content (AvgIpc) is 3.28. The Morgan fingerprint density at radius 1 is 1.21 bits per heavy atom. The maximum absolute atomic E-state index is 13.2. The maximum atomic E-state index is 13.2. The van der Waals surface area contributed by atoms with E-state index in [1.165, 1.54) is 48.6 Å². The predicted molar refractivity (Wildman–Crippen MR) is 113 cm³/mol. The third-order valence-electron chi connectivity index (χ3n) is 4.77. The lowest BCUT2D eigenvalue weighted by molar-refractivity contribution is -0.105. The minimum atomic E-state index is -1.71. The van der Waals surface area contributed by atoms with Gasteiger partial charge in [-0.2, -0.15) is 0 Å². The lowest BCUT2D eigenvalue weighted by Crippen LogP contribution is -2.15. The van der Waals surface area contributed by atoms with E-state index in [-0.39, 0.29) is 4.21 Å². The normalized spacial score (nSPS) is 14.3. The Balaban J connectivity index is 0.000000187. The molecule has 0 aliphatic heterocycles. The van der Waals surface area contributed by atoms with Gasteiger partial charge in [0.25, 0.3) is 0 Å². The van der Waals surface area contributed by atoms with Gasteiger partial charge in [-0.1, -0.05) is 6.07 Å². The van der Waals surface area contributed by atoms with Crippen molar-refractivity contribution in [2.45, 2.75) is 42.9 Å². The van der Waals surface area contributed by atoms with Crippen LogP contribution in [0.15, 0.2) is 15.7 Å². The molecule has 1 aromatic heterocycles. The fraction of sp³-hybridized carbons (Fsp3) is 0.421. The van der Waals surface area contributed by atoms with E-state index >= 15 is 0 Å². The molecule has 0 spiro atoms. The van der Waals surface area contributed by atoms with Crippen LogP contribution in [0.1, 0.15) is 34.2 Å². The van der Waals surface area contributed by atoms with Crippen molar-refractivity contribution in [1.82, 2.24) is 5.32 Å². The van der Waals surface area contributed by atoms with E-state index in [4.69, 9.17) is 5.14 Å². The Hall–Kier alpha value is -1.65. The number of rotatable bonds is 5. The molecule has 9 heteroatoms. The lowest BCUT2D eigenvalue weighted by atomic mass is 9.83. The van der Waals surface area contributed by atoms with Crippen molar-refractivity contribution in [3.63, 3.8) is 0 Å². The van der Waals surface area contributed by atoms with Crippen LogP contribution in [0, 0.1) is 5.82 Å². The number of thiophene rings is 1. The summed E-state index contributed by atoms with van der Waals surface area (Å²) in [6.07, 6.45) is 6.71. The molecule has 6 nitrogen and oxygen atoms in total. The van der Waals surface area contributed by atoms with Gasteiger partial charge >= 0.3 is 0 Å². The van der Waals surface area contributed by atoms with Crippen molar-refractivity contribution in [2.75, 3.05) is 19.4 Å². The molecular formula is C19H27FN4O2S2. The van der Waals surface area contributed by atoms with Crippen LogP contribution >= 0.6 is 11.3 Å². The van der Waals surface area contributed by atoms with Gasteiger partial charge < -0.3 is 16.4 Å². The molecule has 1 aromatic carbocycles. The van der Waals surface area contributed by atoms with Crippen molar-refractivity contribution in [3.8, 4) is 0 Å². The molecule has 2 aromatic rings. The molecule has 1 heterocycles. The van der Waals surface area contributed by atoms with E-state index in [1.807, 2.05) is 0 Å². The van der Waals surface area contributed by atoms with Gasteiger partial charge in [0.05, 0.1) is 0 Å². The summed E-state index contributed by atoms with van der Waals surface area (Å²) < 4.78 is 24.0. The molecule has 1 unspecified atom stereocenters. The van der Waals surface area contributed by atoms with Crippen molar-refractivity contribution in [2.24, 2.45) is 10.9 Å². The van der Waals surface area contributed by atoms with Crippen molar-refractivity contribution in [3.05, 3.63) is 45.1 Å². The molecule has 6 N–H and O–H groups in total. The number of nitrogens with one attached hydrogen (secondary N) is 2. The third-order valence-corrected chi connectivity index (χ3v) is 6.89. The molecule has 0 fully saturated rings. The second-order valence-corrected chi connectivity index (χ2v) is 8.47. The van der Waals surface area contributed by atoms with Crippen molar-refractivity contribution >= 4 is 34.4 Å². The minimum Gasteiger partial charge on any atom is -0.333 e. The zero-order valence-electron chi connectivity index (χ0n) is 16.1. The number of fused-ring (bicyclic) bond motifs is 2. The Kier molecular flexibility index (Phi) is 8.71. The largest absolute Gasteiger partial charge is 0.333 e. The van der Waals surface area contributed by atoms with E-state index in [9.17, 15) is 13.4 Å². The minimum absolute atomic E-state index is 0.111. The zero-order chi connectivity index (χ0) is 20.7.